The van der Waals surface area contributed by atoms with Gasteiger partial charge in [0.1, 0.15) is 0 Å². The Hall–Kier alpha value is -1.10. The third-order valence-electron chi connectivity index (χ3n) is 5.61. The molecular formula is C25H49NO4. The van der Waals surface area contributed by atoms with E-state index in [9.17, 15) is 14.7 Å². The average molecular weight is 428 g/mol. The van der Waals surface area contributed by atoms with E-state index in [1.807, 2.05) is 19.0 Å². The quantitative estimate of drug-likeness (QED) is 0.156. The maximum absolute atomic E-state index is 11.8. The number of aliphatic carboxylic acids is 1. The molecule has 5 heteroatoms. The average Bonchev–Trinajstić information content (AvgIpc) is 2.69. The standard InChI is InChI=1S/C25H49NO4/c1-4-5-6-7-8-9-10-11-12-13-14-15-16-17-18-20-23(25(28)29)30-24(27)21-19-22-26(2)3/h23H,4-22H2,1-3H3,(H,28,29). The van der Waals surface area contributed by atoms with Crippen molar-refractivity contribution < 1.29 is 19.4 Å². The molecule has 0 amide bonds. The van der Waals surface area contributed by atoms with E-state index < -0.39 is 18.0 Å². The highest BCUT2D eigenvalue weighted by molar-refractivity contribution is 5.77. The van der Waals surface area contributed by atoms with E-state index >= 15 is 0 Å². The van der Waals surface area contributed by atoms with Crippen molar-refractivity contribution in [2.45, 2.75) is 129 Å². The Bertz CT molecular complexity index is 412. The molecule has 0 bridgehead atoms. The fourth-order valence-corrected chi connectivity index (χ4v) is 3.69. The van der Waals surface area contributed by atoms with Gasteiger partial charge in [-0.15, -0.1) is 0 Å². The highest BCUT2D eigenvalue weighted by Gasteiger charge is 2.21. The lowest BCUT2D eigenvalue weighted by Crippen LogP contribution is -2.27. The number of unbranched alkanes of at least 4 members (excludes halogenated alkanes) is 14. The van der Waals surface area contributed by atoms with Gasteiger partial charge in [0.25, 0.3) is 0 Å². The molecule has 0 aliphatic carbocycles. The molecule has 0 rings (SSSR count). The Balaban J connectivity index is 3.53. The molecule has 0 heterocycles. The van der Waals surface area contributed by atoms with Crippen molar-refractivity contribution in [1.29, 1.82) is 0 Å². The molecule has 5 nitrogen and oxygen atoms in total. The van der Waals surface area contributed by atoms with Crippen LogP contribution in [0.4, 0.5) is 0 Å². The minimum atomic E-state index is -1.03. The summed E-state index contributed by atoms with van der Waals surface area (Å²) in [5.41, 5.74) is 0. The monoisotopic (exact) mass is 427 g/mol. The smallest absolute Gasteiger partial charge is 0.345 e. The van der Waals surface area contributed by atoms with Gasteiger partial charge in [0, 0.05) is 6.42 Å². The van der Waals surface area contributed by atoms with Gasteiger partial charge in [0.15, 0.2) is 6.10 Å². The second-order valence-electron chi connectivity index (χ2n) is 8.96. The summed E-state index contributed by atoms with van der Waals surface area (Å²) in [6.07, 6.45) is 19.6. The minimum absolute atomic E-state index is 0.279. The maximum Gasteiger partial charge on any atom is 0.345 e. The number of carboxylic acid groups (broad SMARTS) is 1. The number of hydrogen-bond acceptors (Lipinski definition) is 4. The number of carbonyl (C=O) groups is 2. The van der Waals surface area contributed by atoms with Gasteiger partial charge in [-0.05, 0) is 39.9 Å². The third kappa shape index (κ3) is 20.2. The van der Waals surface area contributed by atoms with E-state index in [1.54, 1.807) is 0 Å². The molecule has 178 valence electrons. The van der Waals surface area contributed by atoms with Crippen molar-refractivity contribution in [3.8, 4) is 0 Å². The summed E-state index contributed by atoms with van der Waals surface area (Å²) in [4.78, 5) is 25.1. The van der Waals surface area contributed by atoms with Gasteiger partial charge in [0.05, 0.1) is 0 Å². The first-order valence-electron chi connectivity index (χ1n) is 12.5. The van der Waals surface area contributed by atoms with E-state index in [1.165, 1.54) is 77.0 Å². The minimum Gasteiger partial charge on any atom is -0.479 e. The summed E-state index contributed by atoms with van der Waals surface area (Å²) in [6, 6.07) is 0. The van der Waals surface area contributed by atoms with Crippen LogP contribution >= 0.6 is 0 Å². The summed E-state index contributed by atoms with van der Waals surface area (Å²) in [7, 11) is 3.89. The van der Waals surface area contributed by atoms with Crippen LogP contribution in [-0.2, 0) is 14.3 Å². The van der Waals surface area contributed by atoms with Crippen molar-refractivity contribution in [2.24, 2.45) is 0 Å². The molecule has 0 aromatic carbocycles. The van der Waals surface area contributed by atoms with Gasteiger partial charge in [-0.3, -0.25) is 4.79 Å². The lowest BCUT2D eigenvalue weighted by Gasteiger charge is -2.14. The van der Waals surface area contributed by atoms with Gasteiger partial charge < -0.3 is 14.7 Å². The molecule has 0 aliphatic heterocycles. The van der Waals surface area contributed by atoms with Crippen molar-refractivity contribution in [3.05, 3.63) is 0 Å². The van der Waals surface area contributed by atoms with Crippen LogP contribution in [0.5, 0.6) is 0 Å². The van der Waals surface area contributed by atoms with Crippen LogP contribution in [0.2, 0.25) is 0 Å². The SMILES string of the molecule is CCCCCCCCCCCCCCCCCC(OC(=O)CCCN(C)C)C(=O)O. The normalized spacial score (nSPS) is 12.3. The zero-order valence-corrected chi connectivity index (χ0v) is 20.1. The number of rotatable bonds is 22. The highest BCUT2D eigenvalue weighted by atomic mass is 16.6. The second-order valence-corrected chi connectivity index (χ2v) is 8.96. The van der Waals surface area contributed by atoms with E-state index in [2.05, 4.69) is 6.92 Å². The number of nitrogens with zero attached hydrogens (tertiary/aromatic N) is 1. The van der Waals surface area contributed by atoms with Gasteiger partial charge in [-0.25, -0.2) is 4.79 Å². The maximum atomic E-state index is 11.8. The Morgan fingerprint density at radius 1 is 0.733 bits per heavy atom. The predicted octanol–water partition coefficient (Wildman–Crippen LogP) is 6.59. The zero-order valence-electron chi connectivity index (χ0n) is 20.1. The van der Waals surface area contributed by atoms with Crippen molar-refractivity contribution in [1.82, 2.24) is 4.90 Å². The van der Waals surface area contributed by atoms with E-state index in [0.29, 0.717) is 12.8 Å². The molecular weight excluding hydrogens is 378 g/mol. The Morgan fingerprint density at radius 3 is 1.57 bits per heavy atom. The lowest BCUT2D eigenvalue weighted by molar-refractivity contribution is -0.164. The van der Waals surface area contributed by atoms with Crippen LogP contribution in [0.15, 0.2) is 0 Å². The molecule has 0 aromatic heterocycles. The van der Waals surface area contributed by atoms with Crippen LogP contribution in [0.1, 0.15) is 122 Å². The number of carbonyl (C=O) groups excluding carboxylic acids is 1. The Kier molecular flexibility index (Phi) is 20.4. The molecule has 30 heavy (non-hydrogen) atoms. The molecule has 1 atom stereocenters. The van der Waals surface area contributed by atoms with Crippen LogP contribution in [0.25, 0.3) is 0 Å². The van der Waals surface area contributed by atoms with Crippen LogP contribution in [-0.4, -0.2) is 48.7 Å². The second kappa shape index (κ2) is 21.1. The van der Waals surface area contributed by atoms with Crippen molar-refractivity contribution in [3.63, 3.8) is 0 Å². The fraction of sp³-hybridized carbons (Fsp3) is 0.920. The molecule has 0 saturated carbocycles. The Morgan fingerprint density at radius 2 is 1.17 bits per heavy atom. The van der Waals surface area contributed by atoms with Crippen LogP contribution in [0.3, 0.4) is 0 Å². The zero-order chi connectivity index (χ0) is 22.5. The lowest BCUT2D eigenvalue weighted by atomic mass is 10.0. The largest absolute Gasteiger partial charge is 0.479 e. The molecule has 1 N–H and O–H groups in total. The first-order chi connectivity index (χ1) is 14.5. The summed E-state index contributed by atoms with van der Waals surface area (Å²) in [5, 5.41) is 9.27. The van der Waals surface area contributed by atoms with Gasteiger partial charge in [0.2, 0.25) is 0 Å². The van der Waals surface area contributed by atoms with Gasteiger partial charge in [-0.2, -0.15) is 0 Å². The van der Waals surface area contributed by atoms with E-state index in [4.69, 9.17) is 4.74 Å². The van der Waals surface area contributed by atoms with E-state index in [0.717, 1.165) is 25.8 Å². The van der Waals surface area contributed by atoms with Crippen molar-refractivity contribution in [2.75, 3.05) is 20.6 Å². The predicted molar refractivity (Wildman–Crippen MR) is 125 cm³/mol. The number of esters is 1. The molecule has 0 saturated heterocycles. The first kappa shape index (κ1) is 28.9. The van der Waals surface area contributed by atoms with Gasteiger partial charge in [-0.1, -0.05) is 96.8 Å². The fourth-order valence-electron chi connectivity index (χ4n) is 3.69. The molecule has 0 aromatic rings. The topological polar surface area (TPSA) is 66.8 Å². The number of carboxylic acids is 1. The Labute approximate surface area is 185 Å². The first-order valence-corrected chi connectivity index (χ1v) is 12.5. The molecule has 0 radical (unpaired) electrons. The summed E-state index contributed by atoms with van der Waals surface area (Å²) in [6.45, 7) is 3.06. The van der Waals surface area contributed by atoms with Crippen molar-refractivity contribution >= 4 is 11.9 Å². The molecule has 0 aliphatic rings. The van der Waals surface area contributed by atoms with Crippen LogP contribution < -0.4 is 0 Å². The summed E-state index contributed by atoms with van der Waals surface area (Å²) >= 11 is 0. The third-order valence-corrected chi connectivity index (χ3v) is 5.61. The highest BCUT2D eigenvalue weighted by Crippen LogP contribution is 2.15. The summed E-state index contributed by atoms with van der Waals surface area (Å²) < 4.78 is 5.16. The van der Waals surface area contributed by atoms with E-state index in [-0.39, 0.29) is 6.42 Å². The molecule has 1 unspecified atom stereocenters. The van der Waals surface area contributed by atoms with Gasteiger partial charge >= 0.3 is 11.9 Å². The number of hydrogen-bond donors (Lipinski definition) is 1. The molecule has 0 spiro atoms. The summed E-state index contributed by atoms with van der Waals surface area (Å²) in [5.74, 6) is -1.42. The number of ether oxygens (including phenoxy) is 1. The molecule has 0 fully saturated rings. The van der Waals surface area contributed by atoms with Crippen LogP contribution in [0, 0.1) is 0 Å².